The van der Waals surface area contributed by atoms with Crippen LogP contribution in [0.25, 0.3) is 22.4 Å². The molecule has 3 N–H and O–H groups in total. The lowest BCUT2D eigenvalue weighted by molar-refractivity contribution is 1.11. The van der Waals surface area contributed by atoms with Crippen molar-refractivity contribution < 1.29 is 0 Å². The van der Waals surface area contributed by atoms with Gasteiger partial charge in [0.25, 0.3) is 0 Å². The Balaban J connectivity index is 2.13. The van der Waals surface area contributed by atoms with Crippen molar-refractivity contribution in [3.63, 3.8) is 0 Å². The van der Waals surface area contributed by atoms with E-state index in [9.17, 15) is 0 Å². The second-order valence-corrected chi connectivity index (χ2v) is 4.79. The molecule has 0 saturated carbocycles. The van der Waals surface area contributed by atoms with Crippen LogP contribution in [-0.4, -0.2) is 19.9 Å². The van der Waals surface area contributed by atoms with Crippen LogP contribution in [0.4, 0.5) is 5.82 Å². The van der Waals surface area contributed by atoms with Gasteiger partial charge < -0.3 is 10.7 Å². The van der Waals surface area contributed by atoms with Gasteiger partial charge in [-0.15, -0.1) is 6.58 Å². The van der Waals surface area contributed by atoms with E-state index in [1.807, 2.05) is 6.07 Å². The fraction of sp³-hybridized carbons (Fsp3) is 0.0714. The number of nitrogens with one attached hydrogen (secondary N) is 1. The van der Waals surface area contributed by atoms with Crippen LogP contribution in [-0.2, 0) is 6.42 Å². The lowest BCUT2D eigenvalue weighted by atomic mass is 10.2. The molecule has 0 aliphatic heterocycles. The molecule has 20 heavy (non-hydrogen) atoms. The Labute approximate surface area is 120 Å². The Morgan fingerprint density at radius 3 is 2.95 bits per heavy atom. The molecule has 0 fully saturated rings. The van der Waals surface area contributed by atoms with Gasteiger partial charge in [-0.2, -0.15) is 0 Å². The molecule has 0 saturated heterocycles. The van der Waals surface area contributed by atoms with E-state index >= 15 is 0 Å². The van der Waals surface area contributed by atoms with Gasteiger partial charge in [0, 0.05) is 35.1 Å². The predicted molar refractivity (Wildman–Crippen MR) is 80.4 cm³/mol. The Morgan fingerprint density at radius 1 is 1.35 bits per heavy atom. The van der Waals surface area contributed by atoms with Crippen LogP contribution >= 0.6 is 11.6 Å². The van der Waals surface area contributed by atoms with E-state index in [4.69, 9.17) is 17.3 Å². The highest BCUT2D eigenvalue weighted by molar-refractivity contribution is 6.31. The van der Waals surface area contributed by atoms with Gasteiger partial charge in [-0.25, -0.2) is 15.0 Å². The maximum atomic E-state index is 5.98. The minimum absolute atomic E-state index is 0.458. The summed E-state index contributed by atoms with van der Waals surface area (Å²) in [6.07, 6.45) is 7.52. The van der Waals surface area contributed by atoms with Crippen molar-refractivity contribution in [3.8, 4) is 11.4 Å². The molecule has 0 aliphatic carbocycles. The zero-order valence-electron chi connectivity index (χ0n) is 10.6. The van der Waals surface area contributed by atoms with Gasteiger partial charge in [0.1, 0.15) is 11.5 Å². The zero-order valence-corrected chi connectivity index (χ0v) is 11.4. The molecule has 100 valence electrons. The number of nitrogens with zero attached hydrogens (tertiary/aromatic N) is 3. The second-order valence-electron chi connectivity index (χ2n) is 4.35. The van der Waals surface area contributed by atoms with Gasteiger partial charge >= 0.3 is 0 Å². The average Bonchev–Trinajstić information content (AvgIpc) is 2.84. The summed E-state index contributed by atoms with van der Waals surface area (Å²) in [6, 6.07) is 1.83. The fourth-order valence-electron chi connectivity index (χ4n) is 2.03. The number of anilines is 1. The third kappa shape index (κ3) is 2.12. The fourth-order valence-corrected chi connectivity index (χ4v) is 2.18. The highest BCUT2D eigenvalue weighted by Gasteiger charge is 2.11. The number of halogens is 1. The van der Waals surface area contributed by atoms with E-state index in [-0.39, 0.29) is 0 Å². The number of pyridine rings is 1. The molecule has 0 spiro atoms. The number of hydrogen-bond donors (Lipinski definition) is 2. The first kappa shape index (κ1) is 12.6. The molecule has 0 amide bonds. The molecular formula is C14H12ClN5. The summed E-state index contributed by atoms with van der Waals surface area (Å²) in [5, 5.41) is 1.43. The van der Waals surface area contributed by atoms with Crippen molar-refractivity contribution in [3.05, 3.63) is 47.9 Å². The summed E-state index contributed by atoms with van der Waals surface area (Å²) in [7, 11) is 0. The Bertz CT molecular complexity index is 793. The van der Waals surface area contributed by atoms with E-state index in [0.29, 0.717) is 23.1 Å². The number of hydrogen-bond acceptors (Lipinski definition) is 4. The molecular weight excluding hydrogens is 274 g/mol. The van der Waals surface area contributed by atoms with E-state index < -0.39 is 0 Å². The first-order valence-electron chi connectivity index (χ1n) is 6.04. The molecule has 5 nitrogen and oxygen atoms in total. The van der Waals surface area contributed by atoms with Crippen molar-refractivity contribution in [2.75, 3.05) is 5.73 Å². The minimum atomic E-state index is 0.458. The average molecular weight is 286 g/mol. The Morgan fingerprint density at radius 2 is 2.20 bits per heavy atom. The van der Waals surface area contributed by atoms with Gasteiger partial charge in [0.15, 0.2) is 5.82 Å². The van der Waals surface area contributed by atoms with Crippen LogP contribution < -0.4 is 5.73 Å². The van der Waals surface area contributed by atoms with E-state index in [1.165, 1.54) is 0 Å². The molecule has 0 unspecified atom stereocenters. The molecule has 6 heteroatoms. The third-order valence-electron chi connectivity index (χ3n) is 3.00. The zero-order chi connectivity index (χ0) is 14.1. The molecule has 3 rings (SSSR count). The summed E-state index contributed by atoms with van der Waals surface area (Å²) < 4.78 is 0. The van der Waals surface area contributed by atoms with E-state index in [2.05, 4.69) is 26.5 Å². The first-order valence-corrected chi connectivity index (χ1v) is 6.42. The predicted octanol–water partition coefficient (Wildman–Crippen LogP) is 2.98. The monoisotopic (exact) mass is 285 g/mol. The summed E-state index contributed by atoms with van der Waals surface area (Å²) in [4.78, 5) is 16.0. The highest BCUT2D eigenvalue weighted by Crippen LogP contribution is 2.27. The van der Waals surface area contributed by atoms with Gasteiger partial charge in [0.05, 0.1) is 5.02 Å². The van der Waals surface area contributed by atoms with Gasteiger partial charge in [-0.1, -0.05) is 17.7 Å². The first-order chi connectivity index (χ1) is 9.69. The number of rotatable bonds is 3. The summed E-state index contributed by atoms with van der Waals surface area (Å²) in [6.45, 7) is 3.68. The highest BCUT2D eigenvalue weighted by atomic mass is 35.5. The van der Waals surface area contributed by atoms with Crippen molar-refractivity contribution in [1.82, 2.24) is 19.9 Å². The molecule has 0 aromatic carbocycles. The molecule has 3 aromatic rings. The normalized spacial score (nSPS) is 10.8. The van der Waals surface area contributed by atoms with Crippen LogP contribution in [0, 0.1) is 0 Å². The van der Waals surface area contributed by atoms with Crippen molar-refractivity contribution >= 4 is 28.5 Å². The van der Waals surface area contributed by atoms with Crippen LogP contribution in [0.5, 0.6) is 0 Å². The maximum absolute atomic E-state index is 5.98. The van der Waals surface area contributed by atoms with Crippen LogP contribution in [0.3, 0.4) is 0 Å². The number of fused-ring (bicyclic) bond motifs is 1. The van der Waals surface area contributed by atoms with Crippen molar-refractivity contribution in [2.45, 2.75) is 6.42 Å². The molecule has 0 atom stereocenters. The number of nitrogen functional groups attached to an aromatic ring is 1. The quantitative estimate of drug-likeness (QED) is 0.725. The minimum Gasteiger partial charge on any atom is -0.383 e. The van der Waals surface area contributed by atoms with Crippen LogP contribution in [0.1, 0.15) is 5.56 Å². The number of nitrogens with two attached hydrogens (primary N) is 1. The molecule has 3 heterocycles. The van der Waals surface area contributed by atoms with Crippen LogP contribution in [0.15, 0.2) is 37.3 Å². The topological polar surface area (TPSA) is 80.5 Å². The molecule has 0 aliphatic rings. The maximum Gasteiger partial charge on any atom is 0.163 e. The summed E-state index contributed by atoms with van der Waals surface area (Å²) in [5.74, 6) is 1.00. The molecule has 3 aromatic heterocycles. The number of allylic oxidation sites excluding steroid dienone is 1. The van der Waals surface area contributed by atoms with Crippen molar-refractivity contribution in [1.29, 1.82) is 0 Å². The SMILES string of the molecule is C=CCc1cnc(-c2c[nH]c3ncc(Cl)cc23)nc1N. The second kappa shape index (κ2) is 4.94. The van der Waals surface area contributed by atoms with Gasteiger partial charge in [-0.3, -0.25) is 0 Å². The third-order valence-corrected chi connectivity index (χ3v) is 3.21. The van der Waals surface area contributed by atoms with Crippen molar-refractivity contribution in [2.24, 2.45) is 0 Å². The summed E-state index contributed by atoms with van der Waals surface area (Å²) >= 11 is 5.98. The van der Waals surface area contributed by atoms with Gasteiger partial charge in [-0.05, 0) is 12.5 Å². The standard InChI is InChI=1S/C14H12ClN5/c1-2-3-8-5-17-14(20-12(8)16)11-7-19-13-10(11)4-9(15)6-18-13/h2,4-7H,1,3H2,(H,18,19)(H2,16,17,20). The Kier molecular flexibility index (Phi) is 3.12. The number of aromatic nitrogens is 4. The molecule has 0 radical (unpaired) electrons. The van der Waals surface area contributed by atoms with E-state index in [0.717, 1.165) is 22.2 Å². The largest absolute Gasteiger partial charge is 0.383 e. The smallest absolute Gasteiger partial charge is 0.163 e. The molecule has 0 bridgehead atoms. The Hall–Kier alpha value is -2.40. The van der Waals surface area contributed by atoms with Crippen LogP contribution in [0.2, 0.25) is 5.02 Å². The number of aromatic amines is 1. The lowest BCUT2D eigenvalue weighted by Crippen LogP contribution is -2.00. The van der Waals surface area contributed by atoms with Gasteiger partial charge in [0.2, 0.25) is 0 Å². The number of H-pyrrole nitrogens is 1. The summed E-state index contributed by atoms with van der Waals surface area (Å²) in [5.41, 5.74) is 8.36. The lowest BCUT2D eigenvalue weighted by Gasteiger charge is -2.04. The van der Waals surface area contributed by atoms with E-state index in [1.54, 1.807) is 24.7 Å².